The highest BCUT2D eigenvalue weighted by atomic mass is 16.5. The molecule has 0 saturated heterocycles. The molecule has 2 heterocycles. The lowest BCUT2D eigenvalue weighted by molar-refractivity contribution is -0.121. The first-order valence-corrected chi connectivity index (χ1v) is 8.49. The summed E-state index contributed by atoms with van der Waals surface area (Å²) < 4.78 is 12.2. The normalized spacial score (nSPS) is 10.4. The van der Waals surface area contributed by atoms with Crippen molar-refractivity contribution in [2.24, 2.45) is 0 Å². The summed E-state index contributed by atoms with van der Waals surface area (Å²) in [6.45, 7) is 0.318. The lowest BCUT2D eigenvalue weighted by Crippen LogP contribution is -2.23. The van der Waals surface area contributed by atoms with Crippen LogP contribution in [0, 0.1) is 0 Å². The number of nitrogens with one attached hydrogen (secondary N) is 1. The van der Waals surface area contributed by atoms with Gasteiger partial charge in [-0.1, -0.05) is 11.3 Å². The zero-order valence-electron chi connectivity index (χ0n) is 15.3. The molecule has 3 rings (SSSR count). The predicted octanol–water partition coefficient (Wildman–Crippen LogP) is 1.93. The molecule has 1 amide bonds. The van der Waals surface area contributed by atoms with Crippen molar-refractivity contribution in [2.75, 3.05) is 14.2 Å². The number of benzene rings is 1. The summed E-state index contributed by atoms with van der Waals surface area (Å²) >= 11 is 0. The first-order valence-electron chi connectivity index (χ1n) is 8.49. The van der Waals surface area contributed by atoms with E-state index in [0.717, 1.165) is 17.0 Å². The highest BCUT2D eigenvalue weighted by molar-refractivity contribution is 5.76. The second kappa shape index (κ2) is 8.79. The lowest BCUT2D eigenvalue weighted by atomic mass is 10.1. The number of nitrogens with zero attached hydrogens (tertiary/aromatic N) is 4. The fraction of sp³-hybridized carbons (Fsp3) is 0.263. The SMILES string of the molecule is COc1ccc(CCC(=O)NCc2cn(-c3cccnc3)nn2)c(OC)c1. The van der Waals surface area contributed by atoms with E-state index in [0.29, 0.717) is 30.8 Å². The quantitative estimate of drug-likeness (QED) is 0.654. The molecule has 0 aliphatic heterocycles. The Balaban J connectivity index is 1.51. The highest BCUT2D eigenvalue weighted by Gasteiger charge is 2.09. The van der Waals surface area contributed by atoms with Gasteiger partial charge in [0.15, 0.2) is 0 Å². The van der Waals surface area contributed by atoms with Gasteiger partial charge in [-0.3, -0.25) is 9.78 Å². The van der Waals surface area contributed by atoms with Crippen molar-refractivity contribution in [3.8, 4) is 17.2 Å². The summed E-state index contributed by atoms with van der Waals surface area (Å²) in [6.07, 6.45) is 6.07. The van der Waals surface area contributed by atoms with Gasteiger partial charge in [0.25, 0.3) is 0 Å². The summed E-state index contributed by atoms with van der Waals surface area (Å²) in [4.78, 5) is 16.2. The molecule has 0 bridgehead atoms. The fourth-order valence-corrected chi connectivity index (χ4v) is 2.58. The molecule has 8 nitrogen and oxygen atoms in total. The number of hydrogen-bond acceptors (Lipinski definition) is 6. The van der Waals surface area contributed by atoms with Gasteiger partial charge in [-0.05, 0) is 30.2 Å². The van der Waals surface area contributed by atoms with Crippen molar-refractivity contribution >= 4 is 5.91 Å². The van der Waals surface area contributed by atoms with E-state index < -0.39 is 0 Å². The molecule has 0 aliphatic rings. The molecule has 1 N–H and O–H groups in total. The van der Waals surface area contributed by atoms with Crippen LogP contribution in [0.1, 0.15) is 17.7 Å². The molecule has 1 aromatic carbocycles. The summed E-state index contributed by atoms with van der Waals surface area (Å²) in [5.41, 5.74) is 2.44. The molecule has 3 aromatic rings. The Bertz CT molecular complexity index is 895. The molecular formula is C19H21N5O3. The molecule has 27 heavy (non-hydrogen) atoms. The van der Waals surface area contributed by atoms with Gasteiger partial charge >= 0.3 is 0 Å². The number of rotatable bonds is 8. The van der Waals surface area contributed by atoms with Crippen LogP contribution < -0.4 is 14.8 Å². The number of pyridine rings is 1. The van der Waals surface area contributed by atoms with Gasteiger partial charge in [-0.25, -0.2) is 4.68 Å². The molecule has 0 saturated carbocycles. The van der Waals surface area contributed by atoms with E-state index in [1.54, 1.807) is 37.5 Å². The number of carbonyl (C=O) groups is 1. The third-order valence-corrected chi connectivity index (χ3v) is 4.03. The second-order valence-electron chi connectivity index (χ2n) is 5.82. The van der Waals surface area contributed by atoms with Crippen molar-refractivity contribution in [3.05, 3.63) is 60.2 Å². The van der Waals surface area contributed by atoms with Crippen molar-refractivity contribution in [1.29, 1.82) is 0 Å². The van der Waals surface area contributed by atoms with E-state index in [1.807, 2.05) is 30.3 Å². The topological polar surface area (TPSA) is 91.2 Å². The molecule has 140 valence electrons. The number of hydrogen-bond donors (Lipinski definition) is 1. The molecule has 0 spiro atoms. The van der Waals surface area contributed by atoms with Crippen molar-refractivity contribution in [1.82, 2.24) is 25.3 Å². The molecule has 0 atom stereocenters. The van der Waals surface area contributed by atoms with Crippen LogP contribution >= 0.6 is 0 Å². The molecule has 0 fully saturated rings. The Kier molecular flexibility index (Phi) is 5.98. The van der Waals surface area contributed by atoms with Gasteiger partial charge in [0.05, 0.1) is 38.8 Å². The summed E-state index contributed by atoms with van der Waals surface area (Å²) in [5.74, 6) is 1.36. The van der Waals surface area contributed by atoms with Crippen LogP contribution in [0.25, 0.3) is 5.69 Å². The molecule has 0 unspecified atom stereocenters. The van der Waals surface area contributed by atoms with Gasteiger partial charge in [0.2, 0.25) is 5.91 Å². The monoisotopic (exact) mass is 367 g/mol. The maximum Gasteiger partial charge on any atom is 0.220 e. The van der Waals surface area contributed by atoms with Gasteiger partial charge in [-0.15, -0.1) is 5.10 Å². The standard InChI is InChI=1S/C19H21N5O3/c1-26-17-7-5-14(18(10-17)27-2)6-8-19(25)21-11-15-13-24(23-22-15)16-4-3-9-20-12-16/h3-5,7,9-10,12-13H,6,8,11H2,1-2H3,(H,21,25). The number of ether oxygens (including phenoxy) is 2. The number of carbonyl (C=O) groups excluding carboxylic acids is 1. The van der Waals surface area contributed by atoms with Crippen LogP contribution in [0.4, 0.5) is 0 Å². The maximum atomic E-state index is 12.1. The molecule has 0 aliphatic carbocycles. The Hall–Kier alpha value is -3.42. The average Bonchev–Trinajstić information content (AvgIpc) is 3.20. The Labute approximate surface area is 157 Å². The van der Waals surface area contributed by atoms with E-state index >= 15 is 0 Å². The summed E-state index contributed by atoms with van der Waals surface area (Å²) in [5, 5.41) is 11.0. The minimum Gasteiger partial charge on any atom is -0.497 e. The minimum atomic E-state index is -0.0659. The molecule has 8 heteroatoms. The van der Waals surface area contributed by atoms with Crippen LogP contribution in [0.3, 0.4) is 0 Å². The van der Waals surface area contributed by atoms with Gasteiger partial charge in [-0.2, -0.15) is 0 Å². The van der Waals surface area contributed by atoms with E-state index in [-0.39, 0.29) is 5.91 Å². The van der Waals surface area contributed by atoms with Crippen LogP contribution in [-0.4, -0.2) is 40.1 Å². The largest absolute Gasteiger partial charge is 0.497 e. The summed E-state index contributed by atoms with van der Waals surface area (Å²) in [7, 11) is 3.20. The molecule has 0 radical (unpaired) electrons. The van der Waals surface area contributed by atoms with Crippen LogP contribution in [0.5, 0.6) is 11.5 Å². The first kappa shape index (κ1) is 18.4. The minimum absolute atomic E-state index is 0.0659. The number of aromatic nitrogens is 4. The zero-order chi connectivity index (χ0) is 19.1. The van der Waals surface area contributed by atoms with Crippen LogP contribution in [-0.2, 0) is 17.8 Å². The summed E-state index contributed by atoms with van der Waals surface area (Å²) in [6, 6.07) is 9.28. The molecular weight excluding hydrogens is 346 g/mol. The number of amides is 1. The Morgan fingerprint density at radius 3 is 2.85 bits per heavy atom. The molecule has 2 aromatic heterocycles. The van der Waals surface area contributed by atoms with E-state index in [1.165, 1.54) is 0 Å². The highest BCUT2D eigenvalue weighted by Crippen LogP contribution is 2.25. The maximum absolute atomic E-state index is 12.1. The van der Waals surface area contributed by atoms with Crippen molar-refractivity contribution in [2.45, 2.75) is 19.4 Å². The van der Waals surface area contributed by atoms with Crippen LogP contribution in [0.15, 0.2) is 48.9 Å². The fourth-order valence-electron chi connectivity index (χ4n) is 2.58. The van der Waals surface area contributed by atoms with Crippen LogP contribution in [0.2, 0.25) is 0 Å². The second-order valence-corrected chi connectivity index (χ2v) is 5.82. The van der Waals surface area contributed by atoms with Gasteiger partial charge in [0, 0.05) is 18.7 Å². The third kappa shape index (κ3) is 4.81. The third-order valence-electron chi connectivity index (χ3n) is 4.03. The Morgan fingerprint density at radius 2 is 2.11 bits per heavy atom. The van der Waals surface area contributed by atoms with E-state index in [2.05, 4.69) is 20.6 Å². The average molecular weight is 367 g/mol. The smallest absolute Gasteiger partial charge is 0.220 e. The van der Waals surface area contributed by atoms with Crippen molar-refractivity contribution < 1.29 is 14.3 Å². The number of aryl methyl sites for hydroxylation is 1. The van der Waals surface area contributed by atoms with E-state index in [9.17, 15) is 4.79 Å². The Morgan fingerprint density at radius 1 is 1.22 bits per heavy atom. The van der Waals surface area contributed by atoms with Crippen molar-refractivity contribution in [3.63, 3.8) is 0 Å². The number of methoxy groups -OCH3 is 2. The lowest BCUT2D eigenvalue weighted by Gasteiger charge is -2.10. The van der Waals surface area contributed by atoms with Gasteiger partial charge in [0.1, 0.15) is 17.2 Å². The predicted molar refractivity (Wildman–Crippen MR) is 98.9 cm³/mol. The van der Waals surface area contributed by atoms with E-state index in [4.69, 9.17) is 9.47 Å². The first-order chi connectivity index (χ1) is 13.2. The zero-order valence-corrected chi connectivity index (χ0v) is 15.3. The van der Waals surface area contributed by atoms with Gasteiger partial charge < -0.3 is 14.8 Å².